The van der Waals surface area contributed by atoms with Gasteiger partial charge >= 0.3 is 7.82 Å². The average molecular weight is 206 g/mol. The van der Waals surface area contributed by atoms with Crippen molar-refractivity contribution in [2.45, 2.75) is 26.9 Å². The molecule has 2 bridgehead atoms. The predicted molar refractivity (Wildman–Crippen MR) is 47.3 cm³/mol. The van der Waals surface area contributed by atoms with Crippen LogP contribution in [0.1, 0.15) is 20.8 Å². The van der Waals surface area contributed by atoms with Crippen LogP contribution in [-0.4, -0.2) is 19.3 Å². The van der Waals surface area contributed by atoms with E-state index in [0.29, 0.717) is 19.1 Å². The summed E-state index contributed by atoms with van der Waals surface area (Å²) in [6.07, 6.45) is -0.0409. The van der Waals surface area contributed by atoms with Crippen molar-refractivity contribution in [2.24, 2.45) is 11.3 Å². The molecular formula is C8H15O4P. The molecule has 1 unspecified atom stereocenters. The Morgan fingerprint density at radius 1 is 1.38 bits per heavy atom. The second kappa shape index (κ2) is 2.80. The van der Waals surface area contributed by atoms with E-state index in [2.05, 4.69) is 13.8 Å². The number of hydrogen-bond acceptors (Lipinski definition) is 4. The monoisotopic (exact) mass is 206 g/mol. The first-order chi connectivity index (χ1) is 5.99. The van der Waals surface area contributed by atoms with Crippen LogP contribution in [0.25, 0.3) is 0 Å². The van der Waals surface area contributed by atoms with Crippen LogP contribution >= 0.6 is 7.82 Å². The van der Waals surface area contributed by atoms with E-state index in [0.717, 1.165) is 0 Å². The third-order valence-corrected chi connectivity index (χ3v) is 4.69. The first-order valence-corrected chi connectivity index (χ1v) is 6.02. The second-order valence-electron chi connectivity index (χ2n) is 4.13. The molecule has 0 aromatic carbocycles. The minimum absolute atomic E-state index is 0.0409. The van der Waals surface area contributed by atoms with Crippen molar-refractivity contribution in [1.29, 1.82) is 0 Å². The molecule has 1 atom stereocenters. The first kappa shape index (κ1) is 9.66. The Hall–Kier alpha value is 0.110. The van der Waals surface area contributed by atoms with Crippen LogP contribution in [0.5, 0.6) is 0 Å². The lowest BCUT2D eigenvalue weighted by atomic mass is 9.74. The van der Waals surface area contributed by atoms with Gasteiger partial charge < -0.3 is 0 Å². The van der Waals surface area contributed by atoms with Gasteiger partial charge in [-0.15, -0.1) is 0 Å². The number of fused-ring (bicyclic) bond motifs is 3. The molecule has 3 heterocycles. The SMILES string of the molecule is CC(C)C12COP(=O)(OC1)OC2C. The van der Waals surface area contributed by atoms with Gasteiger partial charge in [0.25, 0.3) is 0 Å². The summed E-state index contributed by atoms with van der Waals surface area (Å²) in [6, 6.07) is 0. The quantitative estimate of drug-likeness (QED) is 0.617. The topological polar surface area (TPSA) is 44.8 Å². The number of phosphoric acid groups is 1. The summed E-state index contributed by atoms with van der Waals surface area (Å²) in [7, 11) is -3.17. The van der Waals surface area contributed by atoms with E-state index in [4.69, 9.17) is 13.6 Å². The van der Waals surface area contributed by atoms with E-state index in [-0.39, 0.29) is 11.5 Å². The van der Waals surface area contributed by atoms with Crippen molar-refractivity contribution in [2.75, 3.05) is 13.2 Å². The third-order valence-electron chi connectivity index (χ3n) is 3.23. The molecular weight excluding hydrogens is 191 g/mol. The molecule has 0 aliphatic carbocycles. The van der Waals surface area contributed by atoms with Crippen LogP contribution in [0.2, 0.25) is 0 Å². The van der Waals surface area contributed by atoms with Crippen molar-refractivity contribution >= 4 is 7.82 Å². The molecule has 0 saturated carbocycles. The van der Waals surface area contributed by atoms with Gasteiger partial charge in [-0.3, -0.25) is 13.6 Å². The molecule has 5 heteroatoms. The van der Waals surface area contributed by atoms with Gasteiger partial charge in [0.1, 0.15) is 0 Å². The molecule has 3 rings (SSSR count). The maximum atomic E-state index is 11.5. The Balaban J connectivity index is 2.29. The summed E-state index contributed by atoms with van der Waals surface area (Å²) in [5, 5.41) is 0. The second-order valence-corrected chi connectivity index (χ2v) is 5.75. The molecule has 4 nitrogen and oxygen atoms in total. The van der Waals surface area contributed by atoms with Gasteiger partial charge in [0.2, 0.25) is 0 Å². The highest BCUT2D eigenvalue weighted by Crippen LogP contribution is 2.64. The van der Waals surface area contributed by atoms with E-state index in [9.17, 15) is 4.57 Å². The van der Waals surface area contributed by atoms with Gasteiger partial charge in [0.05, 0.1) is 19.3 Å². The molecule has 3 saturated heterocycles. The molecule has 3 aliphatic rings. The largest absolute Gasteiger partial charge is 0.475 e. The summed E-state index contributed by atoms with van der Waals surface area (Å²) < 4.78 is 27.0. The van der Waals surface area contributed by atoms with E-state index in [1.165, 1.54) is 0 Å². The zero-order chi connectivity index (χ0) is 9.69. The van der Waals surface area contributed by atoms with Gasteiger partial charge in [-0.2, -0.15) is 0 Å². The van der Waals surface area contributed by atoms with Crippen molar-refractivity contribution in [1.82, 2.24) is 0 Å². The van der Waals surface area contributed by atoms with Gasteiger partial charge in [-0.25, -0.2) is 4.57 Å². The standard InChI is InChI=1S/C8H15O4P/c1-6(2)8-4-10-13(9,11-5-8)12-7(8)3/h6-7H,4-5H2,1-3H3. The van der Waals surface area contributed by atoms with Crippen molar-refractivity contribution in [3.8, 4) is 0 Å². The lowest BCUT2D eigenvalue weighted by Crippen LogP contribution is -2.53. The molecule has 0 amide bonds. The van der Waals surface area contributed by atoms with E-state index in [1.807, 2.05) is 6.92 Å². The van der Waals surface area contributed by atoms with Gasteiger partial charge in [0, 0.05) is 5.41 Å². The molecule has 0 N–H and O–H groups in total. The molecule has 3 aliphatic heterocycles. The van der Waals surface area contributed by atoms with Crippen LogP contribution in [0.15, 0.2) is 0 Å². The highest BCUT2D eigenvalue weighted by Gasteiger charge is 2.56. The average Bonchev–Trinajstić information content (AvgIpc) is 2.03. The minimum atomic E-state index is -3.17. The molecule has 0 spiro atoms. The molecule has 13 heavy (non-hydrogen) atoms. The zero-order valence-electron chi connectivity index (χ0n) is 8.15. The molecule has 0 aromatic rings. The summed E-state index contributed by atoms with van der Waals surface area (Å²) in [5.74, 6) is 0.400. The molecule has 0 radical (unpaired) electrons. The van der Waals surface area contributed by atoms with Crippen LogP contribution in [0.3, 0.4) is 0 Å². The Labute approximate surface area is 78.2 Å². The van der Waals surface area contributed by atoms with Gasteiger partial charge in [0.15, 0.2) is 0 Å². The van der Waals surface area contributed by atoms with Crippen LogP contribution < -0.4 is 0 Å². The summed E-state index contributed by atoms with van der Waals surface area (Å²) >= 11 is 0. The summed E-state index contributed by atoms with van der Waals surface area (Å²) in [6.45, 7) is 7.13. The smallest absolute Gasteiger partial charge is 0.286 e. The zero-order valence-corrected chi connectivity index (χ0v) is 9.04. The lowest BCUT2D eigenvalue weighted by Gasteiger charge is -2.50. The van der Waals surface area contributed by atoms with E-state index in [1.54, 1.807) is 0 Å². The fourth-order valence-electron chi connectivity index (χ4n) is 1.87. The number of phosphoric ester groups is 1. The molecule has 3 fully saturated rings. The maximum Gasteiger partial charge on any atom is 0.475 e. The van der Waals surface area contributed by atoms with Crippen LogP contribution in [-0.2, 0) is 18.1 Å². The third kappa shape index (κ3) is 1.28. The molecule has 76 valence electrons. The Bertz CT molecular complexity index is 251. The van der Waals surface area contributed by atoms with Gasteiger partial charge in [-0.1, -0.05) is 13.8 Å². The number of rotatable bonds is 1. The van der Waals surface area contributed by atoms with Crippen molar-refractivity contribution < 1.29 is 18.1 Å². The van der Waals surface area contributed by atoms with E-state index < -0.39 is 7.82 Å². The Morgan fingerprint density at radius 2 is 1.92 bits per heavy atom. The minimum Gasteiger partial charge on any atom is -0.286 e. The fourth-order valence-corrected chi connectivity index (χ4v) is 3.46. The Kier molecular flexibility index (Phi) is 2.08. The summed E-state index contributed by atoms with van der Waals surface area (Å²) in [5.41, 5.74) is -0.119. The lowest BCUT2D eigenvalue weighted by molar-refractivity contribution is -0.153. The first-order valence-electron chi connectivity index (χ1n) is 4.56. The maximum absolute atomic E-state index is 11.5. The summed E-state index contributed by atoms with van der Waals surface area (Å²) in [4.78, 5) is 0. The highest BCUT2D eigenvalue weighted by atomic mass is 31.2. The number of hydrogen-bond donors (Lipinski definition) is 0. The van der Waals surface area contributed by atoms with Crippen molar-refractivity contribution in [3.05, 3.63) is 0 Å². The van der Waals surface area contributed by atoms with E-state index >= 15 is 0 Å². The Morgan fingerprint density at radius 3 is 2.31 bits per heavy atom. The molecule has 0 aromatic heterocycles. The fraction of sp³-hybridized carbons (Fsp3) is 1.00. The van der Waals surface area contributed by atoms with Crippen LogP contribution in [0, 0.1) is 11.3 Å². The van der Waals surface area contributed by atoms with Crippen LogP contribution in [0.4, 0.5) is 0 Å². The van der Waals surface area contributed by atoms with Gasteiger partial charge in [-0.05, 0) is 12.8 Å². The van der Waals surface area contributed by atoms with Crippen molar-refractivity contribution in [3.63, 3.8) is 0 Å². The predicted octanol–water partition coefficient (Wildman–Crippen LogP) is 2.20. The highest BCUT2D eigenvalue weighted by molar-refractivity contribution is 7.48. The normalized spacial score (nSPS) is 50.0.